The molecule has 2 aromatic carbocycles. The Bertz CT molecular complexity index is 852. The van der Waals surface area contributed by atoms with E-state index < -0.39 is 16.1 Å². The summed E-state index contributed by atoms with van der Waals surface area (Å²) in [5, 5.41) is 0. The largest absolute Gasteiger partial charge is 0.497 e. The normalized spacial score (nSPS) is 12.7. The molecule has 0 saturated heterocycles. The third kappa shape index (κ3) is 4.14. The van der Waals surface area contributed by atoms with Crippen LogP contribution in [0.2, 0.25) is 0 Å². The Morgan fingerprint density at radius 1 is 0.960 bits per heavy atom. The maximum absolute atomic E-state index is 12.9. The lowest BCUT2D eigenvalue weighted by atomic mass is 10.1. The average molecular weight is 363 g/mol. The van der Waals surface area contributed by atoms with Gasteiger partial charge in [0.25, 0.3) is 0 Å². The fourth-order valence-corrected chi connectivity index (χ4v) is 4.80. The summed E-state index contributed by atoms with van der Waals surface area (Å²) in [5.41, 5.74) is 3.22. The van der Waals surface area contributed by atoms with Crippen LogP contribution in [0.5, 0.6) is 11.5 Å². The minimum atomic E-state index is -3.68. The smallest absolute Gasteiger partial charge is 0.241 e. The zero-order valence-corrected chi connectivity index (χ0v) is 16.3. The molecule has 0 radical (unpaired) electrons. The predicted molar refractivity (Wildman–Crippen MR) is 98.9 cm³/mol. The van der Waals surface area contributed by atoms with Crippen LogP contribution < -0.4 is 14.2 Å². The van der Waals surface area contributed by atoms with Crippen molar-refractivity contribution in [2.45, 2.75) is 38.6 Å². The molecule has 6 heteroatoms. The first-order chi connectivity index (χ1) is 11.7. The van der Waals surface area contributed by atoms with Crippen molar-refractivity contribution in [1.82, 2.24) is 4.72 Å². The number of nitrogens with one attached hydrogen (secondary N) is 1. The molecule has 0 amide bonds. The first kappa shape index (κ1) is 19.3. The molecule has 1 unspecified atom stereocenters. The second-order valence-electron chi connectivity index (χ2n) is 6.18. The summed E-state index contributed by atoms with van der Waals surface area (Å²) < 4.78 is 39.2. The molecule has 0 aliphatic carbocycles. The minimum absolute atomic E-state index is 0.326. The molecule has 2 aromatic rings. The second kappa shape index (κ2) is 7.45. The van der Waals surface area contributed by atoms with Gasteiger partial charge < -0.3 is 9.47 Å². The van der Waals surface area contributed by atoms with E-state index in [2.05, 4.69) is 4.72 Å². The van der Waals surface area contributed by atoms with E-state index in [1.54, 1.807) is 39.3 Å². The quantitative estimate of drug-likeness (QED) is 0.850. The van der Waals surface area contributed by atoms with Gasteiger partial charge in [-0.2, -0.15) is 0 Å². The van der Waals surface area contributed by atoms with E-state index in [1.165, 1.54) is 0 Å². The summed E-state index contributed by atoms with van der Waals surface area (Å²) in [7, 11) is -0.551. The van der Waals surface area contributed by atoms with Gasteiger partial charge in [-0.15, -0.1) is 0 Å². The minimum Gasteiger partial charge on any atom is -0.497 e. The highest BCUT2D eigenvalue weighted by atomic mass is 32.2. The number of hydrogen-bond donors (Lipinski definition) is 1. The van der Waals surface area contributed by atoms with Crippen LogP contribution in [0.4, 0.5) is 0 Å². The summed E-state index contributed by atoms with van der Waals surface area (Å²) in [4.78, 5) is 0.326. The Morgan fingerprint density at radius 3 is 2.08 bits per heavy atom. The van der Waals surface area contributed by atoms with E-state index in [4.69, 9.17) is 9.47 Å². The van der Waals surface area contributed by atoms with Gasteiger partial charge in [-0.3, -0.25) is 0 Å². The number of sulfonamides is 1. The third-order valence-electron chi connectivity index (χ3n) is 4.11. The first-order valence-electron chi connectivity index (χ1n) is 8.01. The lowest BCUT2D eigenvalue weighted by Gasteiger charge is -2.20. The number of rotatable bonds is 6. The molecule has 1 N–H and O–H groups in total. The van der Waals surface area contributed by atoms with Crippen LogP contribution in [0.15, 0.2) is 35.2 Å². The van der Waals surface area contributed by atoms with Gasteiger partial charge in [-0.1, -0.05) is 17.7 Å². The standard InChI is InChI=1S/C19H25NO4S/c1-12-9-13(2)19(14(3)10-12)25(21,22)20-15(4)17-11-16(23-5)7-8-18(17)24-6/h7-11,15,20H,1-6H3. The first-order valence-corrected chi connectivity index (χ1v) is 9.50. The summed E-state index contributed by atoms with van der Waals surface area (Å²) >= 11 is 0. The Hall–Kier alpha value is -2.05. The van der Waals surface area contributed by atoms with Gasteiger partial charge in [0, 0.05) is 11.6 Å². The van der Waals surface area contributed by atoms with Gasteiger partial charge in [0.15, 0.2) is 0 Å². The SMILES string of the molecule is COc1ccc(OC)c(C(C)NS(=O)(=O)c2c(C)cc(C)cc2C)c1. The molecule has 0 saturated carbocycles. The molecule has 0 aliphatic heterocycles. The van der Waals surface area contributed by atoms with Crippen molar-refractivity contribution in [2.24, 2.45) is 0 Å². The average Bonchev–Trinajstić information content (AvgIpc) is 2.52. The van der Waals surface area contributed by atoms with Crippen molar-refractivity contribution in [3.05, 3.63) is 52.6 Å². The lowest BCUT2D eigenvalue weighted by molar-refractivity contribution is 0.395. The Balaban J connectivity index is 2.42. The van der Waals surface area contributed by atoms with Crippen molar-refractivity contribution >= 4 is 10.0 Å². The van der Waals surface area contributed by atoms with Gasteiger partial charge in [0.05, 0.1) is 19.1 Å². The van der Waals surface area contributed by atoms with Crippen LogP contribution in [0, 0.1) is 20.8 Å². The van der Waals surface area contributed by atoms with E-state index in [-0.39, 0.29) is 0 Å². The molecule has 0 aromatic heterocycles. The van der Waals surface area contributed by atoms with Gasteiger partial charge >= 0.3 is 0 Å². The molecule has 136 valence electrons. The summed E-state index contributed by atoms with van der Waals surface area (Å²) in [6.45, 7) is 7.36. The van der Waals surface area contributed by atoms with Gasteiger partial charge in [-0.05, 0) is 57.0 Å². The number of hydrogen-bond acceptors (Lipinski definition) is 4. The second-order valence-corrected chi connectivity index (χ2v) is 7.83. The Morgan fingerprint density at radius 2 is 1.56 bits per heavy atom. The van der Waals surface area contributed by atoms with E-state index in [9.17, 15) is 8.42 Å². The molecule has 25 heavy (non-hydrogen) atoms. The van der Waals surface area contributed by atoms with E-state index in [1.807, 2.05) is 32.9 Å². The summed E-state index contributed by atoms with van der Waals surface area (Å²) in [5.74, 6) is 1.25. The Kier molecular flexibility index (Phi) is 5.75. The van der Waals surface area contributed by atoms with Crippen LogP contribution in [0.25, 0.3) is 0 Å². The number of aryl methyl sites for hydroxylation is 3. The van der Waals surface area contributed by atoms with E-state index in [0.29, 0.717) is 22.0 Å². The molecule has 0 bridgehead atoms. The number of benzene rings is 2. The maximum atomic E-state index is 12.9. The zero-order chi connectivity index (χ0) is 18.8. The molecule has 1 atom stereocenters. The lowest BCUT2D eigenvalue weighted by Crippen LogP contribution is -2.28. The molecule has 0 fully saturated rings. The zero-order valence-electron chi connectivity index (χ0n) is 15.5. The highest BCUT2D eigenvalue weighted by molar-refractivity contribution is 7.89. The molecule has 0 heterocycles. The monoisotopic (exact) mass is 363 g/mol. The van der Waals surface area contributed by atoms with E-state index in [0.717, 1.165) is 16.7 Å². The third-order valence-corrected chi connectivity index (χ3v) is 5.95. The van der Waals surface area contributed by atoms with Crippen molar-refractivity contribution in [2.75, 3.05) is 14.2 Å². The molecular formula is C19H25NO4S. The molecule has 2 rings (SSSR count). The van der Waals surface area contributed by atoms with Gasteiger partial charge in [0.1, 0.15) is 11.5 Å². The van der Waals surface area contributed by atoms with Crippen LogP contribution in [0.3, 0.4) is 0 Å². The van der Waals surface area contributed by atoms with Crippen LogP contribution in [-0.2, 0) is 10.0 Å². The van der Waals surface area contributed by atoms with Crippen molar-refractivity contribution in [3.8, 4) is 11.5 Å². The fraction of sp³-hybridized carbons (Fsp3) is 0.368. The topological polar surface area (TPSA) is 64.6 Å². The molecular weight excluding hydrogens is 338 g/mol. The molecule has 0 aliphatic rings. The molecule has 5 nitrogen and oxygen atoms in total. The fourth-order valence-electron chi connectivity index (χ4n) is 3.12. The molecule has 0 spiro atoms. The Labute approximate surface area is 150 Å². The van der Waals surface area contributed by atoms with Gasteiger partial charge in [0.2, 0.25) is 10.0 Å². The van der Waals surface area contributed by atoms with E-state index >= 15 is 0 Å². The highest BCUT2D eigenvalue weighted by Crippen LogP contribution is 2.31. The maximum Gasteiger partial charge on any atom is 0.241 e. The van der Waals surface area contributed by atoms with Crippen molar-refractivity contribution in [3.63, 3.8) is 0 Å². The van der Waals surface area contributed by atoms with Crippen molar-refractivity contribution < 1.29 is 17.9 Å². The predicted octanol–water partition coefficient (Wildman–Crippen LogP) is 3.67. The van der Waals surface area contributed by atoms with Crippen LogP contribution in [0.1, 0.15) is 35.2 Å². The number of ether oxygens (including phenoxy) is 2. The summed E-state index contributed by atoms with van der Waals surface area (Å²) in [6, 6.07) is 8.59. The van der Waals surface area contributed by atoms with Crippen LogP contribution in [-0.4, -0.2) is 22.6 Å². The van der Waals surface area contributed by atoms with Crippen molar-refractivity contribution in [1.29, 1.82) is 0 Å². The van der Waals surface area contributed by atoms with Gasteiger partial charge in [-0.25, -0.2) is 13.1 Å². The number of methoxy groups -OCH3 is 2. The highest BCUT2D eigenvalue weighted by Gasteiger charge is 2.24. The summed E-state index contributed by atoms with van der Waals surface area (Å²) in [6.07, 6.45) is 0. The van der Waals surface area contributed by atoms with Crippen LogP contribution >= 0.6 is 0 Å².